The molecule has 5 rings (SSSR count). The van der Waals surface area contributed by atoms with Crippen molar-refractivity contribution in [2.75, 3.05) is 6.54 Å². The minimum Gasteiger partial charge on any atom is -0.349 e. The third-order valence-electron chi connectivity index (χ3n) is 6.35. The predicted octanol–water partition coefficient (Wildman–Crippen LogP) is 3.58. The number of nitrogens with one attached hydrogen (secondary N) is 1. The third kappa shape index (κ3) is 5.08. The third-order valence-corrected chi connectivity index (χ3v) is 8.24. The summed E-state index contributed by atoms with van der Waals surface area (Å²) in [5.74, 6) is -0.554. The average molecular weight is 499 g/mol. The molecule has 7 nitrogen and oxygen atoms in total. The molecule has 0 radical (unpaired) electrons. The standard InChI is InChI=1S/C25H24F2N4O3S/c26-19-7-9-22(10-8-19)35(33,34)31-14-20(27)11-24(31)25(32)28-13-21-12-23(30-15-29-21)18-5-3-17(4-6-18)16-1-2-16/h3-10,12,15-16,20,24H,1-2,11,13-14H2,(H,28,32)/t20-,24+/m1/s1. The van der Waals surface area contributed by atoms with E-state index in [0.29, 0.717) is 17.3 Å². The van der Waals surface area contributed by atoms with Crippen molar-refractivity contribution in [3.63, 3.8) is 0 Å². The Morgan fingerprint density at radius 2 is 1.77 bits per heavy atom. The zero-order chi connectivity index (χ0) is 24.6. The predicted molar refractivity (Wildman–Crippen MR) is 125 cm³/mol. The van der Waals surface area contributed by atoms with Gasteiger partial charge in [0.05, 0.1) is 22.8 Å². The van der Waals surface area contributed by atoms with Gasteiger partial charge in [0.1, 0.15) is 24.4 Å². The monoisotopic (exact) mass is 498 g/mol. The highest BCUT2D eigenvalue weighted by atomic mass is 32.2. The van der Waals surface area contributed by atoms with E-state index in [0.717, 1.165) is 34.1 Å². The Bertz CT molecular complexity index is 1330. The van der Waals surface area contributed by atoms with Gasteiger partial charge in [-0.1, -0.05) is 24.3 Å². The Morgan fingerprint density at radius 1 is 1.06 bits per heavy atom. The number of aromatic nitrogens is 2. The van der Waals surface area contributed by atoms with Gasteiger partial charge in [0.25, 0.3) is 0 Å². The molecule has 0 unspecified atom stereocenters. The molecule has 35 heavy (non-hydrogen) atoms. The molecule has 0 spiro atoms. The topological polar surface area (TPSA) is 92.3 Å². The number of alkyl halides is 1. The fourth-order valence-electron chi connectivity index (χ4n) is 4.29. The first-order chi connectivity index (χ1) is 16.8. The van der Waals surface area contributed by atoms with Crippen LogP contribution in [-0.2, 0) is 21.4 Å². The van der Waals surface area contributed by atoms with Crippen LogP contribution in [0.3, 0.4) is 0 Å². The molecule has 182 valence electrons. The first-order valence-electron chi connectivity index (χ1n) is 11.4. The van der Waals surface area contributed by atoms with E-state index in [1.807, 2.05) is 12.1 Å². The Hall–Kier alpha value is -3.24. The van der Waals surface area contributed by atoms with Crippen molar-refractivity contribution in [2.24, 2.45) is 0 Å². The van der Waals surface area contributed by atoms with Crippen LogP contribution < -0.4 is 5.32 Å². The molecule has 1 aliphatic heterocycles. The van der Waals surface area contributed by atoms with Gasteiger partial charge >= 0.3 is 0 Å². The summed E-state index contributed by atoms with van der Waals surface area (Å²) in [7, 11) is -4.17. The second-order valence-corrected chi connectivity index (χ2v) is 10.8. The smallest absolute Gasteiger partial charge is 0.243 e. The van der Waals surface area contributed by atoms with Crippen LogP contribution in [0.5, 0.6) is 0 Å². The Kier molecular flexibility index (Phi) is 6.33. The maximum Gasteiger partial charge on any atom is 0.243 e. The second kappa shape index (κ2) is 9.43. The second-order valence-electron chi connectivity index (χ2n) is 8.89. The van der Waals surface area contributed by atoms with E-state index in [1.165, 1.54) is 24.7 Å². The summed E-state index contributed by atoms with van der Waals surface area (Å²) >= 11 is 0. The van der Waals surface area contributed by atoms with Crippen molar-refractivity contribution in [2.45, 2.75) is 48.8 Å². The number of carbonyl (C=O) groups is 1. The number of carbonyl (C=O) groups excluding carboxylic acids is 1. The minimum atomic E-state index is -4.17. The van der Waals surface area contributed by atoms with Gasteiger partial charge in [0.2, 0.25) is 15.9 Å². The molecule has 2 aromatic carbocycles. The fourth-order valence-corrected chi connectivity index (χ4v) is 5.92. The van der Waals surface area contributed by atoms with Crippen LogP contribution in [0.2, 0.25) is 0 Å². The lowest BCUT2D eigenvalue weighted by molar-refractivity contribution is -0.124. The number of hydrogen-bond acceptors (Lipinski definition) is 5. The van der Waals surface area contributed by atoms with Gasteiger partial charge in [-0.2, -0.15) is 4.31 Å². The lowest BCUT2D eigenvalue weighted by atomic mass is 10.1. The average Bonchev–Trinajstić information content (AvgIpc) is 3.64. The van der Waals surface area contributed by atoms with Gasteiger partial charge in [-0.25, -0.2) is 27.2 Å². The molecule has 3 aromatic rings. The summed E-state index contributed by atoms with van der Waals surface area (Å²) in [6.45, 7) is -0.404. The van der Waals surface area contributed by atoms with Gasteiger partial charge in [-0.05, 0) is 54.7 Å². The van der Waals surface area contributed by atoms with Crippen LogP contribution in [0.25, 0.3) is 11.3 Å². The van der Waals surface area contributed by atoms with Crippen molar-refractivity contribution in [3.05, 3.63) is 78.0 Å². The number of benzene rings is 2. The van der Waals surface area contributed by atoms with E-state index in [4.69, 9.17) is 0 Å². The molecule has 1 aliphatic carbocycles. The zero-order valence-electron chi connectivity index (χ0n) is 18.8. The number of nitrogens with zero attached hydrogens (tertiary/aromatic N) is 3. The quantitative estimate of drug-likeness (QED) is 0.538. The molecule has 2 heterocycles. The summed E-state index contributed by atoms with van der Waals surface area (Å²) in [4.78, 5) is 21.2. The van der Waals surface area contributed by atoms with Crippen molar-refractivity contribution in [1.29, 1.82) is 0 Å². The molecular formula is C25H24F2N4O3S. The van der Waals surface area contributed by atoms with E-state index < -0.39 is 40.5 Å². The molecular weight excluding hydrogens is 474 g/mol. The molecule has 2 fully saturated rings. The number of amides is 1. The maximum atomic E-state index is 14.2. The van der Waals surface area contributed by atoms with Gasteiger partial charge in [-0.3, -0.25) is 4.79 Å². The van der Waals surface area contributed by atoms with Crippen molar-refractivity contribution < 1.29 is 22.0 Å². The number of halogens is 2. The van der Waals surface area contributed by atoms with Crippen LogP contribution in [0.15, 0.2) is 65.8 Å². The molecule has 1 saturated carbocycles. The van der Waals surface area contributed by atoms with Crippen LogP contribution >= 0.6 is 0 Å². The molecule has 2 atom stereocenters. The summed E-state index contributed by atoms with van der Waals surface area (Å²) in [5.41, 5.74) is 3.49. The lowest BCUT2D eigenvalue weighted by Crippen LogP contribution is -2.45. The fraction of sp³-hybridized carbons (Fsp3) is 0.320. The largest absolute Gasteiger partial charge is 0.349 e. The first-order valence-corrected chi connectivity index (χ1v) is 12.9. The van der Waals surface area contributed by atoms with E-state index >= 15 is 0 Å². The Balaban J connectivity index is 1.27. The van der Waals surface area contributed by atoms with Crippen LogP contribution in [0.4, 0.5) is 8.78 Å². The summed E-state index contributed by atoms with van der Waals surface area (Å²) < 4.78 is 54.3. The zero-order valence-corrected chi connectivity index (χ0v) is 19.6. The number of hydrogen-bond donors (Lipinski definition) is 1. The van der Waals surface area contributed by atoms with Gasteiger partial charge in [-0.15, -0.1) is 0 Å². The first kappa shape index (κ1) is 23.5. The highest BCUT2D eigenvalue weighted by Gasteiger charge is 2.44. The summed E-state index contributed by atoms with van der Waals surface area (Å²) in [6.07, 6.45) is 2.12. The van der Waals surface area contributed by atoms with Crippen molar-refractivity contribution >= 4 is 15.9 Å². The summed E-state index contributed by atoms with van der Waals surface area (Å²) in [5, 5.41) is 2.67. The maximum absolute atomic E-state index is 14.2. The van der Waals surface area contributed by atoms with Gasteiger partial charge in [0.15, 0.2) is 0 Å². The molecule has 0 bridgehead atoms. The van der Waals surface area contributed by atoms with E-state index in [1.54, 1.807) is 6.07 Å². The number of rotatable bonds is 7. The van der Waals surface area contributed by atoms with Gasteiger partial charge < -0.3 is 5.32 Å². The van der Waals surface area contributed by atoms with Gasteiger partial charge in [0, 0.05) is 18.5 Å². The van der Waals surface area contributed by atoms with Crippen LogP contribution in [0, 0.1) is 5.82 Å². The van der Waals surface area contributed by atoms with E-state index in [9.17, 15) is 22.0 Å². The van der Waals surface area contributed by atoms with E-state index in [2.05, 4.69) is 27.4 Å². The Labute approximate surface area is 202 Å². The molecule has 1 N–H and O–H groups in total. The van der Waals surface area contributed by atoms with E-state index in [-0.39, 0.29) is 17.9 Å². The minimum absolute atomic E-state index is 0.0341. The highest BCUT2D eigenvalue weighted by molar-refractivity contribution is 7.89. The lowest BCUT2D eigenvalue weighted by Gasteiger charge is -2.23. The normalized spacial score (nSPS) is 20.6. The molecule has 1 aromatic heterocycles. The SMILES string of the molecule is O=C(NCc1cc(-c2ccc(C3CC3)cc2)ncn1)[C@@H]1C[C@@H](F)CN1S(=O)(=O)c1ccc(F)cc1. The summed E-state index contributed by atoms with van der Waals surface area (Å²) in [6, 6.07) is 13.0. The van der Waals surface area contributed by atoms with Crippen LogP contribution in [-0.4, -0.2) is 47.4 Å². The molecule has 10 heteroatoms. The molecule has 1 saturated heterocycles. The Morgan fingerprint density at radius 3 is 2.46 bits per heavy atom. The highest BCUT2D eigenvalue weighted by Crippen LogP contribution is 2.40. The molecule has 1 amide bonds. The van der Waals surface area contributed by atoms with Crippen LogP contribution in [0.1, 0.15) is 36.4 Å². The van der Waals surface area contributed by atoms with Crippen molar-refractivity contribution in [1.82, 2.24) is 19.6 Å². The van der Waals surface area contributed by atoms with Crippen molar-refractivity contribution in [3.8, 4) is 11.3 Å². The molecule has 2 aliphatic rings. The number of sulfonamides is 1.